The van der Waals surface area contributed by atoms with Gasteiger partial charge in [0.1, 0.15) is 23.8 Å². The molecular formula is C25H29F2N7O. The van der Waals surface area contributed by atoms with Crippen molar-refractivity contribution in [3.8, 4) is 11.3 Å². The Labute approximate surface area is 203 Å². The second-order valence-electron chi connectivity index (χ2n) is 9.46. The Bertz CT molecular complexity index is 1230. The summed E-state index contributed by atoms with van der Waals surface area (Å²) >= 11 is 0. The van der Waals surface area contributed by atoms with Gasteiger partial charge in [0.15, 0.2) is 17.4 Å². The van der Waals surface area contributed by atoms with Crippen LogP contribution in [0.3, 0.4) is 0 Å². The third-order valence-corrected chi connectivity index (χ3v) is 6.72. The second kappa shape index (κ2) is 9.69. The maximum atomic E-state index is 13.9. The molecule has 1 fully saturated rings. The van der Waals surface area contributed by atoms with Crippen molar-refractivity contribution in [3.63, 3.8) is 0 Å². The van der Waals surface area contributed by atoms with Gasteiger partial charge in [0, 0.05) is 55.8 Å². The molecule has 8 nitrogen and oxygen atoms in total. The van der Waals surface area contributed by atoms with E-state index in [2.05, 4.69) is 29.7 Å². The molecule has 0 spiro atoms. The molecule has 0 radical (unpaired) electrons. The van der Waals surface area contributed by atoms with Crippen LogP contribution in [0.15, 0.2) is 30.7 Å². The SMILES string of the molecule is CN(C)CCn1cc(-c2ccc(F)c(F)c2)nc1C1CCN(c2ncnc3c2CC(=O)CN3)CC1. The normalized spacial score (nSPS) is 16.5. The van der Waals surface area contributed by atoms with Crippen molar-refractivity contribution >= 4 is 17.4 Å². The number of aromatic nitrogens is 4. The molecule has 4 heterocycles. The number of fused-ring (bicyclic) bond motifs is 1. The van der Waals surface area contributed by atoms with E-state index in [-0.39, 0.29) is 11.7 Å². The van der Waals surface area contributed by atoms with Gasteiger partial charge in [0.25, 0.3) is 0 Å². The number of carbonyl (C=O) groups is 1. The third kappa shape index (κ3) is 4.88. The predicted molar refractivity (Wildman–Crippen MR) is 130 cm³/mol. The minimum atomic E-state index is -0.874. The lowest BCUT2D eigenvalue weighted by molar-refractivity contribution is -0.117. The predicted octanol–water partition coefficient (Wildman–Crippen LogP) is 3.10. The third-order valence-electron chi connectivity index (χ3n) is 6.72. The molecule has 10 heteroatoms. The second-order valence-corrected chi connectivity index (χ2v) is 9.46. The summed E-state index contributed by atoms with van der Waals surface area (Å²) < 4.78 is 29.5. The molecule has 2 aromatic heterocycles. The molecule has 5 rings (SSSR count). The van der Waals surface area contributed by atoms with Crippen LogP contribution in [0.1, 0.15) is 30.1 Å². The summed E-state index contributed by atoms with van der Waals surface area (Å²) in [5, 5.41) is 3.09. The van der Waals surface area contributed by atoms with E-state index in [1.165, 1.54) is 6.07 Å². The first-order valence-corrected chi connectivity index (χ1v) is 11.9. The molecule has 2 aliphatic heterocycles. The molecular weight excluding hydrogens is 452 g/mol. The van der Waals surface area contributed by atoms with Crippen LogP contribution in [0.25, 0.3) is 11.3 Å². The summed E-state index contributed by atoms with van der Waals surface area (Å²) in [6, 6.07) is 3.91. The Morgan fingerprint density at radius 3 is 2.69 bits per heavy atom. The van der Waals surface area contributed by atoms with Gasteiger partial charge < -0.3 is 19.7 Å². The quantitative estimate of drug-likeness (QED) is 0.580. The van der Waals surface area contributed by atoms with Gasteiger partial charge in [-0.05, 0) is 45.1 Å². The number of piperidine rings is 1. The highest BCUT2D eigenvalue weighted by Crippen LogP contribution is 2.34. The molecule has 3 aromatic rings. The number of imidazole rings is 1. The summed E-state index contributed by atoms with van der Waals surface area (Å²) in [7, 11) is 4.04. The van der Waals surface area contributed by atoms with Crippen LogP contribution < -0.4 is 10.2 Å². The zero-order valence-corrected chi connectivity index (χ0v) is 20.0. The summed E-state index contributed by atoms with van der Waals surface area (Å²) in [6.45, 7) is 3.47. The fourth-order valence-electron chi connectivity index (χ4n) is 4.82. The molecule has 1 aromatic carbocycles. The van der Waals surface area contributed by atoms with E-state index >= 15 is 0 Å². The first kappa shape index (κ1) is 23.3. The largest absolute Gasteiger partial charge is 0.363 e. The summed E-state index contributed by atoms with van der Waals surface area (Å²) in [5.74, 6) is 1.16. The van der Waals surface area contributed by atoms with Crippen LogP contribution >= 0.6 is 0 Å². The highest BCUT2D eigenvalue weighted by Gasteiger charge is 2.29. The first-order valence-electron chi connectivity index (χ1n) is 11.9. The molecule has 1 N–H and O–H groups in total. The van der Waals surface area contributed by atoms with Crippen LogP contribution in [0.5, 0.6) is 0 Å². The van der Waals surface area contributed by atoms with Crippen LogP contribution in [-0.4, -0.2) is 70.5 Å². The number of likely N-dealkylation sites (N-methyl/N-ethyl adjacent to an activating group) is 1. The molecule has 0 unspecified atom stereocenters. The van der Waals surface area contributed by atoms with E-state index in [0.717, 1.165) is 68.1 Å². The number of halogens is 2. The Morgan fingerprint density at radius 1 is 1.14 bits per heavy atom. The van der Waals surface area contributed by atoms with Gasteiger partial charge >= 0.3 is 0 Å². The average molecular weight is 482 g/mol. The number of nitrogens with one attached hydrogen (secondary N) is 1. The zero-order valence-electron chi connectivity index (χ0n) is 20.0. The highest BCUT2D eigenvalue weighted by atomic mass is 19.2. The topological polar surface area (TPSA) is 79.2 Å². The van der Waals surface area contributed by atoms with E-state index in [1.54, 1.807) is 12.4 Å². The Hall–Kier alpha value is -3.40. The van der Waals surface area contributed by atoms with Gasteiger partial charge in [0.05, 0.1) is 12.2 Å². The molecule has 0 amide bonds. The van der Waals surface area contributed by atoms with Gasteiger partial charge in [-0.25, -0.2) is 23.7 Å². The fraction of sp³-hybridized carbons (Fsp3) is 0.440. The van der Waals surface area contributed by atoms with Gasteiger partial charge in [0.2, 0.25) is 0 Å². The van der Waals surface area contributed by atoms with Crippen molar-refractivity contribution in [2.45, 2.75) is 31.7 Å². The summed E-state index contributed by atoms with van der Waals surface area (Å²) in [5.41, 5.74) is 2.08. The monoisotopic (exact) mass is 481 g/mol. The van der Waals surface area contributed by atoms with Crippen molar-refractivity contribution in [2.75, 3.05) is 50.5 Å². The molecule has 0 bridgehead atoms. The van der Waals surface area contributed by atoms with Gasteiger partial charge in [-0.3, -0.25) is 4.79 Å². The number of nitrogens with zero attached hydrogens (tertiary/aromatic N) is 6. The number of benzene rings is 1. The molecule has 0 saturated carbocycles. The number of rotatable bonds is 6. The average Bonchev–Trinajstić information content (AvgIpc) is 3.28. The molecule has 184 valence electrons. The fourth-order valence-corrected chi connectivity index (χ4v) is 4.82. The van der Waals surface area contributed by atoms with Crippen molar-refractivity contribution in [1.82, 2.24) is 24.4 Å². The number of anilines is 2. The van der Waals surface area contributed by atoms with E-state index in [1.807, 2.05) is 20.3 Å². The lowest BCUT2D eigenvalue weighted by Crippen LogP contribution is -2.36. The van der Waals surface area contributed by atoms with Crippen LogP contribution in [0, 0.1) is 11.6 Å². The van der Waals surface area contributed by atoms with E-state index < -0.39 is 11.6 Å². The minimum Gasteiger partial charge on any atom is -0.363 e. The maximum Gasteiger partial charge on any atom is 0.159 e. The first-order chi connectivity index (χ1) is 16.9. The minimum absolute atomic E-state index is 0.135. The highest BCUT2D eigenvalue weighted by molar-refractivity contribution is 5.90. The Morgan fingerprint density at radius 2 is 1.94 bits per heavy atom. The molecule has 0 atom stereocenters. The molecule has 35 heavy (non-hydrogen) atoms. The lowest BCUT2D eigenvalue weighted by Gasteiger charge is -2.34. The van der Waals surface area contributed by atoms with Crippen molar-refractivity contribution in [1.29, 1.82) is 0 Å². The Balaban J connectivity index is 1.37. The number of Topliss-reactive ketones (excluding diaryl/α,β-unsaturated/α-hetero) is 1. The number of hydrogen-bond donors (Lipinski definition) is 1. The standard InChI is InChI=1S/C25H29F2N7O/c1-32(2)9-10-34-14-22(17-3-4-20(26)21(27)11-17)31-24(34)16-5-7-33(8-6-16)25-19-12-18(35)13-28-23(19)29-15-30-25/h3-4,11,14-16H,5-10,12-13H2,1-2H3,(H,28,29,30). The Kier molecular flexibility index (Phi) is 6.46. The van der Waals surface area contributed by atoms with Crippen molar-refractivity contribution < 1.29 is 13.6 Å². The molecule has 2 aliphatic rings. The van der Waals surface area contributed by atoms with Crippen molar-refractivity contribution in [2.24, 2.45) is 0 Å². The smallest absolute Gasteiger partial charge is 0.159 e. The lowest BCUT2D eigenvalue weighted by atomic mass is 9.95. The number of carbonyl (C=O) groups excluding carboxylic acids is 1. The van der Waals surface area contributed by atoms with E-state index in [4.69, 9.17) is 4.98 Å². The molecule has 0 aliphatic carbocycles. The summed E-state index contributed by atoms with van der Waals surface area (Å²) in [4.78, 5) is 30.0. The van der Waals surface area contributed by atoms with E-state index in [0.29, 0.717) is 24.2 Å². The van der Waals surface area contributed by atoms with Gasteiger partial charge in [-0.1, -0.05) is 0 Å². The maximum absolute atomic E-state index is 13.9. The van der Waals surface area contributed by atoms with Crippen LogP contribution in [-0.2, 0) is 17.8 Å². The van der Waals surface area contributed by atoms with Crippen LogP contribution in [0.4, 0.5) is 20.4 Å². The van der Waals surface area contributed by atoms with Gasteiger partial charge in [-0.2, -0.15) is 0 Å². The number of ketones is 1. The van der Waals surface area contributed by atoms with Crippen molar-refractivity contribution in [3.05, 3.63) is 53.7 Å². The zero-order chi connectivity index (χ0) is 24.5. The van der Waals surface area contributed by atoms with E-state index in [9.17, 15) is 13.6 Å². The number of hydrogen-bond acceptors (Lipinski definition) is 7. The molecule has 1 saturated heterocycles. The summed E-state index contributed by atoms with van der Waals surface area (Å²) in [6.07, 6.45) is 5.58. The van der Waals surface area contributed by atoms with Gasteiger partial charge in [-0.15, -0.1) is 0 Å². The van der Waals surface area contributed by atoms with Crippen LogP contribution in [0.2, 0.25) is 0 Å².